The van der Waals surface area contributed by atoms with Crippen molar-refractivity contribution in [3.63, 3.8) is 0 Å². The van der Waals surface area contributed by atoms with Crippen LogP contribution in [0.25, 0.3) is 0 Å². The molecule has 1 unspecified atom stereocenters. The lowest BCUT2D eigenvalue weighted by Gasteiger charge is -2.30. The highest BCUT2D eigenvalue weighted by Gasteiger charge is 2.35. The van der Waals surface area contributed by atoms with Gasteiger partial charge in [-0.25, -0.2) is 15.0 Å². The number of anilines is 1. The van der Waals surface area contributed by atoms with Crippen LogP contribution in [0.3, 0.4) is 0 Å². The van der Waals surface area contributed by atoms with Crippen molar-refractivity contribution < 1.29 is 4.79 Å². The average molecular weight is 403 g/mol. The number of nitrogens with one attached hydrogen (secondary N) is 2. The van der Waals surface area contributed by atoms with Crippen molar-refractivity contribution in [2.45, 2.75) is 19.9 Å². The monoisotopic (exact) mass is 402 g/mol. The molecule has 0 bridgehead atoms. The Kier molecular flexibility index (Phi) is 4.51. The third kappa shape index (κ3) is 3.03. The zero-order valence-electron chi connectivity index (χ0n) is 14.6. The lowest BCUT2D eigenvalue weighted by molar-refractivity contribution is 0.0790. The predicted molar refractivity (Wildman–Crippen MR) is 104 cm³/mol. The van der Waals surface area contributed by atoms with Gasteiger partial charge in [0.2, 0.25) is 5.95 Å². The topological polar surface area (TPSA) is 73.4 Å². The summed E-state index contributed by atoms with van der Waals surface area (Å²) in [6.45, 7) is 3.82. The molecule has 7 nitrogen and oxygen atoms in total. The van der Waals surface area contributed by atoms with Crippen LogP contribution >= 0.6 is 23.2 Å². The van der Waals surface area contributed by atoms with E-state index in [-0.39, 0.29) is 17.0 Å². The molecule has 1 atom stereocenters. The Morgan fingerprint density at radius 1 is 1.26 bits per heavy atom. The maximum Gasteiger partial charge on any atom is 0.259 e. The summed E-state index contributed by atoms with van der Waals surface area (Å²) in [7, 11) is 0. The smallest absolute Gasteiger partial charge is 0.259 e. The van der Waals surface area contributed by atoms with Gasteiger partial charge in [0.05, 0.1) is 33.0 Å². The molecule has 27 heavy (non-hydrogen) atoms. The van der Waals surface area contributed by atoms with Crippen LogP contribution in [0.2, 0.25) is 10.0 Å². The minimum absolute atomic E-state index is 0.232. The predicted octanol–water partition coefficient (Wildman–Crippen LogP) is 3.19. The number of benzene rings is 1. The maximum atomic E-state index is 13.0. The molecule has 1 aromatic carbocycles. The lowest BCUT2D eigenvalue weighted by atomic mass is 10.1. The molecule has 4 rings (SSSR count). The fourth-order valence-electron chi connectivity index (χ4n) is 3.02. The van der Waals surface area contributed by atoms with Crippen molar-refractivity contribution in [3.8, 4) is 0 Å². The molecule has 1 amide bonds. The van der Waals surface area contributed by atoms with Gasteiger partial charge in [0.25, 0.3) is 5.91 Å². The number of amides is 1. The zero-order chi connectivity index (χ0) is 19.1. The number of hydrogen-bond donors (Lipinski definition) is 2. The van der Waals surface area contributed by atoms with Gasteiger partial charge < -0.3 is 10.3 Å². The van der Waals surface area contributed by atoms with Gasteiger partial charge in [0, 0.05) is 18.1 Å². The number of nitrogens with zero attached hydrogens (tertiary/aromatic N) is 4. The van der Waals surface area contributed by atoms with Crippen LogP contribution in [-0.2, 0) is 0 Å². The summed E-state index contributed by atoms with van der Waals surface area (Å²) in [5.41, 5.74) is 9.03. The van der Waals surface area contributed by atoms with E-state index in [1.54, 1.807) is 40.5 Å². The third-order valence-corrected chi connectivity index (χ3v) is 5.26. The summed E-state index contributed by atoms with van der Waals surface area (Å²) in [4.78, 5) is 23.3. The number of aromatic nitrogens is 2. The van der Waals surface area contributed by atoms with E-state index in [4.69, 9.17) is 23.2 Å². The molecule has 2 aliphatic rings. The molecule has 0 radical (unpaired) electrons. The van der Waals surface area contributed by atoms with Crippen LogP contribution in [0.1, 0.15) is 23.0 Å². The minimum atomic E-state index is -0.255. The number of hydrogen-bond acceptors (Lipinski definition) is 6. The number of carbonyl (C=O) groups is 1. The van der Waals surface area contributed by atoms with E-state index >= 15 is 0 Å². The second kappa shape index (κ2) is 6.84. The Morgan fingerprint density at radius 2 is 2.07 bits per heavy atom. The molecule has 0 aliphatic carbocycles. The van der Waals surface area contributed by atoms with Crippen LogP contribution in [0, 0.1) is 6.92 Å². The van der Waals surface area contributed by atoms with Crippen LogP contribution in [0.4, 0.5) is 5.95 Å². The molecular weight excluding hydrogens is 387 g/mol. The van der Waals surface area contributed by atoms with Gasteiger partial charge >= 0.3 is 0 Å². The fraction of sp³-hybridized carbons (Fsp3) is 0.167. The van der Waals surface area contributed by atoms with E-state index in [1.807, 2.05) is 26.0 Å². The quantitative estimate of drug-likeness (QED) is 0.803. The van der Waals surface area contributed by atoms with Gasteiger partial charge in [-0.15, -0.1) is 5.53 Å². The number of aryl methyl sites for hydroxylation is 1. The largest absolute Gasteiger partial charge is 0.306 e. The van der Waals surface area contributed by atoms with E-state index in [1.165, 1.54) is 0 Å². The summed E-state index contributed by atoms with van der Waals surface area (Å²) in [5.74, 6) is 0.284. The molecule has 2 aliphatic heterocycles. The summed E-state index contributed by atoms with van der Waals surface area (Å²) >= 11 is 12.3. The lowest BCUT2D eigenvalue weighted by Crippen LogP contribution is -2.42. The fourth-order valence-corrected chi connectivity index (χ4v) is 3.40. The minimum Gasteiger partial charge on any atom is -0.306 e. The normalized spacial score (nSPS) is 18.6. The van der Waals surface area contributed by atoms with E-state index in [0.29, 0.717) is 16.5 Å². The summed E-state index contributed by atoms with van der Waals surface area (Å²) in [6.07, 6.45) is 5.25. The Labute approximate surface area is 166 Å². The van der Waals surface area contributed by atoms with Crippen LogP contribution in [0.5, 0.6) is 0 Å². The van der Waals surface area contributed by atoms with Gasteiger partial charge in [-0.2, -0.15) is 0 Å². The molecule has 2 aromatic rings. The second-order valence-corrected chi connectivity index (χ2v) is 6.96. The molecule has 138 valence electrons. The number of carbonyl (C=O) groups excluding carboxylic acids is 1. The van der Waals surface area contributed by atoms with Crippen molar-refractivity contribution in [1.29, 1.82) is 0 Å². The summed E-state index contributed by atoms with van der Waals surface area (Å²) in [6, 6.07) is 6.59. The van der Waals surface area contributed by atoms with E-state index in [0.717, 1.165) is 17.1 Å². The molecular formula is C18H16Cl2N6O. The van der Waals surface area contributed by atoms with Gasteiger partial charge in [-0.05, 0) is 38.1 Å². The van der Waals surface area contributed by atoms with Crippen molar-refractivity contribution in [3.05, 3.63) is 75.4 Å². The first-order valence-electron chi connectivity index (χ1n) is 8.28. The van der Waals surface area contributed by atoms with Crippen molar-refractivity contribution in [1.82, 2.24) is 25.8 Å². The standard InChI is InChI=1S/C18H16Cl2N6O/c1-10-6-8-21-18(22-10)26-14-7-9-25(11(2)16(14)23-24-26)17(27)12-4-3-5-13(19)15(12)20/h3-9,11,23-24H,1-2H3. The second-order valence-electron chi connectivity index (χ2n) is 6.17. The first kappa shape index (κ1) is 17.8. The number of allylic oxidation sites excluding steroid dienone is 1. The molecule has 1 aromatic heterocycles. The van der Waals surface area contributed by atoms with Crippen molar-refractivity contribution in [2.75, 3.05) is 5.01 Å². The Hall–Kier alpha value is -2.61. The zero-order valence-corrected chi connectivity index (χ0v) is 16.1. The highest BCUT2D eigenvalue weighted by Crippen LogP contribution is 2.31. The highest BCUT2D eigenvalue weighted by atomic mass is 35.5. The first-order chi connectivity index (χ1) is 13.0. The number of hydrazine groups is 2. The third-order valence-electron chi connectivity index (χ3n) is 4.45. The van der Waals surface area contributed by atoms with Crippen LogP contribution < -0.4 is 16.0 Å². The SMILES string of the molecule is Cc1ccnc(N2NNC3=C2C=CN(C(=O)c2cccc(Cl)c2Cl)C3C)n1. The van der Waals surface area contributed by atoms with Crippen LogP contribution in [0.15, 0.2) is 54.1 Å². The average Bonchev–Trinajstić information content (AvgIpc) is 3.09. The van der Waals surface area contributed by atoms with E-state index in [9.17, 15) is 4.79 Å². The van der Waals surface area contributed by atoms with E-state index in [2.05, 4.69) is 20.9 Å². The molecule has 9 heteroatoms. The molecule has 0 saturated carbocycles. The Morgan fingerprint density at radius 3 is 2.85 bits per heavy atom. The van der Waals surface area contributed by atoms with Gasteiger partial charge in [-0.3, -0.25) is 4.79 Å². The first-order valence-corrected chi connectivity index (χ1v) is 9.03. The number of rotatable bonds is 2. The van der Waals surface area contributed by atoms with Crippen LogP contribution in [-0.4, -0.2) is 26.8 Å². The van der Waals surface area contributed by atoms with Gasteiger partial charge in [0.15, 0.2) is 0 Å². The highest BCUT2D eigenvalue weighted by molar-refractivity contribution is 6.43. The van der Waals surface area contributed by atoms with Crippen molar-refractivity contribution in [2.24, 2.45) is 0 Å². The van der Waals surface area contributed by atoms with Gasteiger partial charge in [-0.1, -0.05) is 29.3 Å². The summed E-state index contributed by atoms with van der Waals surface area (Å²) in [5, 5.41) is 2.33. The molecule has 2 N–H and O–H groups in total. The van der Waals surface area contributed by atoms with Gasteiger partial charge in [0.1, 0.15) is 0 Å². The van der Waals surface area contributed by atoms with Crippen molar-refractivity contribution >= 4 is 35.1 Å². The maximum absolute atomic E-state index is 13.0. The Bertz CT molecular complexity index is 990. The summed E-state index contributed by atoms with van der Waals surface area (Å²) < 4.78 is 0. The molecule has 0 saturated heterocycles. The molecule has 3 heterocycles. The molecule has 0 spiro atoms. The molecule has 0 fully saturated rings. The number of halogens is 2. The van der Waals surface area contributed by atoms with E-state index < -0.39 is 0 Å². The Balaban J connectivity index is 1.63.